The molecule has 2 rings (SSSR count). The van der Waals surface area contributed by atoms with Crippen molar-refractivity contribution in [3.8, 4) is 0 Å². The number of thioether (sulfide) groups is 1. The zero-order valence-corrected chi connectivity index (χ0v) is 21.5. The van der Waals surface area contributed by atoms with Crippen LogP contribution in [0.1, 0.15) is 53.4 Å². The van der Waals surface area contributed by atoms with Crippen LogP contribution in [0.25, 0.3) is 0 Å². The Hall–Kier alpha value is -0.380. The molecule has 1 amide bonds. The lowest BCUT2D eigenvalue weighted by molar-refractivity contribution is 0.00928. The number of ether oxygens (including phenoxy) is 1. The third kappa shape index (κ3) is 8.55. The summed E-state index contributed by atoms with van der Waals surface area (Å²) in [6, 6.07) is 0.264. The minimum Gasteiger partial charge on any atom is -0.444 e. The summed E-state index contributed by atoms with van der Waals surface area (Å²) in [6.07, 6.45) is 6.38. The molecule has 1 saturated carbocycles. The Labute approximate surface area is 192 Å². The van der Waals surface area contributed by atoms with E-state index in [0.717, 1.165) is 45.0 Å². The normalized spacial score (nSPS) is 19.6. The zero-order valence-electron chi connectivity index (χ0n) is 18.4. The second kappa shape index (κ2) is 11.7. The summed E-state index contributed by atoms with van der Waals surface area (Å²) in [5.74, 6) is 1.64. The maximum atomic E-state index is 12.8. The molecule has 2 fully saturated rings. The van der Waals surface area contributed by atoms with Crippen molar-refractivity contribution in [2.45, 2.75) is 70.3 Å². The summed E-state index contributed by atoms with van der Waals surface area (Å²) in [4.78, 5) is 21.5. The van der Waals surface area contributed by atoms with E-state index in [9.17, 15) is 4.79 Å². The van der Waals surface area contributed by atoms with Crippen molar-refractivity contribution >= 4 is 47.8 Å². The SMILES string of the molecule is CN=C(NCC(C)SC)N1CCC(N(CC2CC2)C(=O)OC(C)(C)C)CC1.I. The van der Waals surface area contributed by atoms with Crippen LogP contribution in [-0.4, -0.2) is 78.2 Å². The molecule has 0 spiro atoms. The van der Waals surface area contributed by atoms with Gasteiger partial charge in [-0.3, -0.25) is 4.99 Å². The van der Waals surface area contributed by atoms with E-state index in [1.165, 1.54) is 12.8 Å². The second-order valence-electron chi connectivity index (χ2n) is 8.77. The molecular weight excluding hydrogens is 487 g/mol. The lowest BCUT2D eigenvalue weighted by Gasteiger charge is -2.40. The summed E-state index contributed by atoms with van der Waals surface area (Å²) < 4.78 is 5.69. The van der Waals surface area contributed by atoms with Crippen LogP contribution in [0.5, 0.6) is 0 Å². The van der Waals surface area contributed by atoms with Gasteiger partial charge >= 0.3 is 6.09 Å². The van der Waals surface area contributed by atoms with Crippen molar-refractivity contribution in [1.29, 1.82) is 0 Å². The number of likely N-dealkylation sites (tertiary alicyclic amines) is 1. The molecule has 1 saturated heterocycles. The first kappa shape index (κ1) is 25.7. The standard InChI is InChI=1S/C20H38N4O2S.HI/c1-15(27-6)13-22-18(21-5)23-11-9-17(10-12-23)24(14-16-7-8-16)19(25)26-20(2,3)4;/h15-17H,7-14H2,1-6H3,(H,21,22);1H. The number of nitrogens with one attached hydrogen (secondary N) is 1. The van der Waals surface area contributed by atoms with Gasteiger partial charge in [-0.25, -0.2) is 4.79 Å². The van der Waals surface area contributed by atoms with Gasteiger partial charge in [0.2, 0.25) is 0 Å². The molecule has 0 aromatic carbocycles. The number of aliphatic imine (C=N–C) groups is 1. The molecule has 1 aliphatic heterocycles. The first-order valence-electron chi connectivity index (χ1n) is 10.2. The third-order valence-corrected chi connectivity index (χ3v) is 6.12. The fourth-order valence-corrected chi connectivity index (χ4v) is 3.56. The number of hydrogen-bond acceptors (Lipinski definition) is 4. The van der Waals surface area contributed by atoms with Gasteiger partial charge in [0.1, 0.15) is 5.60 Å². The molecule has 0 bridgehead atoms. The van der Waals surface area contributed by atoms with E-state index in [4.69, 9.17) is 4.74 Å². The van der Waals surface area contributed by atoms with E-state index in [-0.39, 0.29) is 36.1 Å². The van der Waals surface area contributed by atoms with Gasteiger partial charge in [-0.15, -0.1) is 24.0 Å². The molecular formula is C20H39IN4O2S. The fraction of sp³-hybridized carbons (Fsp3) is 0.900. The van der Waals surface area contributed by atoms with E-state index in [0.29, 0.717) is 11.2 Å². The predicted octanol–water partition coefficient (Wildman–Crippen LogP) is 4.04. The van der Waals surface area contributed by atoms with Crippen LogP contribution < -0.4 is 5.32 Å². The van der Waals surface area contributed by atoms with Crippen molar-refractivity contribution in [2.24, 2.45) is 10.9 Å². The van der Waals surface area contributed by atoms with E-state index >= 15 is 0 Å². The van der Waals surface area contributed by atoms with Gasteiger partial charge < -0.3 is 19.9 Å². The first-order valence-corrected chi connectivity index (χ1v) is 11.5. The minimum atomic E-state index is -0.445. The van der Waals surface area contributed by atoms with Crippen LogP contribution in [0.4, 0.5) is 4.79 Å². The minimum absolute atomic E-state index is 0. The Kier molecular flexibility index (Phi) is 10.7. The Morgan fingerprint density at radius 1 is 1.29 bits per heavy atom. The van der Waals surface area contributed by atoms with Crippen LogP contribution in [0, 0.1) is 5.92 Å². The quantitative estimate of drug-likeness (QED) is 0.322. The highest BCUT2D eigenvalue weighted by Gasteiger charge is 2.35. The molecule has 0 aromatic heterocycles. The highest BCUT2D eigenvalue weighted by molar-refractivity contribution is 14.0. The number of nitrogens with zero attached hydrogens (tertiary/aromatic N) is 3. The number of carbonyl (C=O) groups is 1. The molecule has 0 aromatic rings. The summed E-state index contributed by atoms with van der Waals surface area (Å²) in [5.41, 5.74) is -0.445. The Bertz CT molecular complexity index is 515. The topological polar surface area (TPSA) is 57.2 Å². The van der Waals surface area contributed by atoms with Crippen LogP contribution in [0.3, 0.4) is 0 Å². The maximum Gasteiger partial charge on any atom is 0.410 e. The van der Waals surface area contributed by atoms with Crippen LogP contribution in [0.2, 0.25) is 0 Å². The fourth-order valence-electron chi connectivity index (χ4n) is 3.31. The van der Waals surface area contributed by atoms with Gasteiger partial charge in [0.05, 0.1) is 0 Å². The molecule has 0 radical (unpaired) electrons. The molecule has 164 valence electrons. The number of guanidine groups is 1. The Morgan fingerprint density at radius 3 is 2.36 bits per heavy atom. The Balaban J connectivity index is 0.00000392. The maximum absolute atomic E-state index is 12.8. The predicted molar refractivity (Wildman–Crippen MR) is 130 cm³/mol. The van der Waals surface area contributed by atoms with Gasteiger partial charge in [-0.1, -0.05) is 6.92 Å². The Morgan fingerprint density at radius 2 is 1.89 bits per heavy atom. The van der Waals surface area contributed by atoms with Gasteiger partial charge in [-0.05, 0) is 58.6 Å². The molecule has 2 aliphatic rings. The van der Waals surface area contributed by atoms with Gasteiger partial charge in [0.25, 0.3) is 0 Å². The van der Waals surface area contributed by atoms with Gasteiger partial charge in [0.15, 0.2) is 5.96 Å². The summed E-state index contributed by atoms with van der Waals surface area (Å²) in [5, 5.41) is 4.04. The lowest BCUT2D eigenvalue weighted by Crippen LogP contribution is -2.53. The summed E-state index contributed by atoms with van der Waals surface area (Å²) in [6.45, 7) is 11.6. The molecule has 1 N–H and O–H groups in total. The lowest BCUT2D eigenvalue weighted by atomic mass is 10.0. The highest BCUT2D eigenvalue weighted by Crippen LogP contribution is 2.32. The monoisotopic (exact) mass is 526 g/mol. The zero-order chi connectivity index (χ0) is 20.0. The number of piperidine rings is 1. The average molecular weight is 527 g/mol. The second-order valence-corrected chi connectivity index (χ2v) is 10.0. The van der Waals surface area contributed by atoms with E-state index in [1.807, 2.05) is 44.5 Å². The summed E-state index contributed by atoms with van der Waals surface area (Å²) >= 11 is 1.85. The smallest absolute Gasteiger partial charge is 0.410 e. The highest BCUT2D eigenvalue weighted by atomic mass is 127. The van der Waals surface area contributed by atoms with Crippen LogP contribution >= 0.6 is 35.7 Å². The van der Waals surface area contributed by atoms with Crippen molar-refractivity contribution in [2.75, 3.05) is 39.5 Å². The van der Waals surface area contributed by atoms with Gasteiger partial charge in [0, 0.05) is 44.5 Å². The number of halogens is 1. The average Bonchev–Trinajstić information content (AvgIpc) is 3.43. The number of rotatable bonds is 6. The number of hydrogen-bond donors (Lipinski definition) is 1. The molecule has 6 nitrogen and oxygen atoms in total. The molecule has 1 unspecified atom stereocenters. The van der Waals surface area contributed by atoms with Crippen molar-refractivity contribution in [3.05, 3.63) is 0 Å². The van der Waals surface area contributed by atoms with Crippen molar-refractivity contribution in [3.63, 3.8) is 0 Å². The molecule has 1 aliphatic carbocycles. The van der Waals surface area contributed by atoms with Crippen LogP contribution in [0.15, 0.2) is 4.99 Å². The number of carbonyl (C=O) groups excluding carboxylic acids is 1. The van der Waals surface area contributed by atoms with Crippen molar-refractivity contribution in [1.82, 2.24) is 15.1 Å². The van der Waals surface area contributed by atoms with Gasteiger partial charge in [-0.2, -0.15) is 11.8 Å². The molecule has 8 heteroatoms. The number of amides is 1. The van der Waals surface area contributed by atoms with E-state index < -0.39 is 5.60 Å². The third-order valence-electron chi connectivity index (χ3n) is 5.15. The molecule has 1 atom stereocenters. The van der Waals surface area contributed by atoms with E-state index in [1.54, 1.807) is 0 Å². The molecule has 1 heterocycles. The van der Waals surface area contributed by atoms with E-state index in [2.05, 4.69) is 28.4 Å². The molecule has 28 heavy (non-hydrogen) atoms. The van der Waals surface area contributed by atoms with Crippen molar-refractivity contribution < 1.29 is 9.53 Å². The summed E-state index contributed by atoms with van der Waals surface area (Å²) in [7, 11) is 1.85. The van der Waals surface area contributed by atoms with Crippen LogP contribution in [-0.2, 0) is 4.74 Å². The largest absolute Gasteiger partial charge is 0.444 e. The first-order chi connectivity index (χ1) is 12.7.